The van der Waals surface area contributed by atoms with E-state index in [9.17, 15) is 0 Å². The van der Waals surface area contributed by atoms with Gasteiger partial charge in [0.1, 0.15) is 15.8 Å². The number of rotatable bonds is 4. The van der Waals surface area contributed by atoms with E-state index in [0.29, 0.717) is 32.6 Å². The summed E-state index contributed by atoms with van der Waals surface area (Å²) in [6.45, 7) is 1.86. The number of benzene rings is 2. The van der Waals surface area contributed by atoms with E-state index in [-0.39, 0.29) is 0 Å². The van der Waals surface area contributed by atoms with Crippen LogP contribution in [0.5, 0.6) is 5.75 Å². The highest BCUT2D eigenvalue weighted by atomic mass is 35.5. The standard InChI is InChI=1S/C20H14ClN5O2S/c1-11-16(21)17-22-19(12-7-3-5-9-14(12)26(17)25-11)29-20-24-23-18(28-20)13-8-4-6-10-15(13)27-2/h3-10H,1-2H3. The average Bonchev–Trinajstić information content (AvgIpc) is 3.33. The molecular weight excluding hydrogens is 410 g/mol. The van der Waals surface area contributed by atoms with Gasteiger partial charge in [-0.05, 0) is 36.9 Å². The number of methoxy groups -OCH3 is 1. The molecule has 0 saturated carbocycles. The van der Waals surface area contributed by atoms with Crippen LogP contribution in [0.1, 0.15) is 5.69 Å². The highest BCUT2D eigenvalue weighted by Crippen LogP contribution is 2.36. The Morgan fingerprint density at radius 1 is 1.07 bits per heavy atom. The Kier molecular flexibility index (Phi) is 4.37. The molecule has 5 rings (SSSR count). The van der Waals surface area contributed by atoms with Crippen molar-refractivity contribution < 1.29 is 9.15 Å². The number of para-hydroxylation sites is 2. The molecule has 9 heteroatoms. The first kappa shape index (κ1) is 18.0. The third-order valence-electron chi connectivity index (χ3n) is 4.46. The first-order valence-corrected chi connectivity index (χ1v) is 9.93. The van der Waals surface area contributed by atoms with Crippen molar-refractivity contribution in [2.75, 3.05) is 7.11 Å². The van der Waals surface area contributed by atoms with Gasteiger partial charge in [-0.1, -0.05) is 41.9 Å². The summed E-state index contributed by atoms with van der Waals surface area (Å²) in [5, 5.41) is 15.4. The molecule has 144 valence electrons. The lowest BCUT2D eigenvalue weighted by molar-refractivity contribution is 0.411. The second kappa shape index (κ2) is 7.06. The molecular formula is C20H14ClN5O2S. The first-order valence-electron chi connectivity index (χ1n) is 8.74. The number of hydrogen-bond donors (Lipinski definition) is 0. The Morgan fingerprint density at radius 2 is 1.86 bits per heavy atom. The second-order valence-corrected chi connectivity index (χ2v) is 7.56. The molecule has 3 aromatic heterocycles. The van der Waals surface area contributed by atoms with Gasteiger partial charge in [0, 0.05) is 5.39 Å². The lowest BCUT2D eigenvalue weighted by atomic mass is 10.2. The molecule has 5 aromatic rings. The summed E-state index contributed by atoms with van der Waals surface area (Å²) in [5.74, 6) is 1.05. The average molecular weight is 424 g/mol. The zero-order valence-electron chi connectivity index (χ0n) is 15.5. The monoisotopic (exact) mass is 423 g/mol. The fourth-order valence-electron chi connectivity index (χ4n) is 3.10. The molecule has 0 aliphatic carbocycles. The van der Waals surface area contributed by atoms with Gasteiger partial charge in [-0.15, -0.1) is 10.2 Å². The molecule has 0 unspecified atom stereocenters. The van der Waals surface area contributed by atoms with Crippen molar-refractivity contribution >= 4 is 39.9 Å². The van der Waals surface area contributed by atoms with Crippen LogP contribution in [0.15, 0.2) is 63.2 Å². The van der Waals surface area contributed by atoms with Crippen LogP contribution in [0.25, 0.3) is 28.0 Å². The van der Waals surface area contributed by atoms with Crippen LogP contribution in [-0.4, -0.2) is 31.9 Å². The highest BCUT2D eigenvalue weighted by Gasteiger charge is 2.18. The number of ether oxygens (including phenoxy) is 1. The lowest BCUT2D eigenvalue weighted by Gasteiger charge is -2.06. The van der Waals surface area contributed by atoms with Crippen molar-refractivity contribution in [3.05, 3.63) is 59.2 Å². The minimum atomic E-state index is 0.375. The normalized spacial score (nSPS) is 11.4. The van der Waals surface area contributed by atoms with E-state index in [1.807, 2.05) is 55.5 Å². The number of hydrogen-bond acceptors (Lipinski definition) is 7. The largest absolute Gasteiger partial charge is 0.496 e. The smallest absolute Gasteiger partial charge is 0.283 e. The number of nitrogens with zero attached hydrogens (tertiary/aromatic N) is 5. The zero-order chi connectivity index (χ0) is 20.0. The molecule has 3 heterocycles. The van der Waals surface area contributed by atoms with Gasteiger partial charge in [0.05, 0.1) is 23.9 Å². The lowest BCUT2D eigenvalue weighted by Crippen LogP contribution is -1.95. The molecule has 0 N–H and O–H groups in total. The van der Waals surface area contributed by atoms with E-state index >= 15 is 0 Å². The molecule has 29 heavy (non-hydrogen) atoms. The van der Waals surface area contributed by atoms with Gasteiger partial charge in [-0.25, -0.2) is 9.50 Å². The summed E-state index contributed by atoms with van der Waals surface area (Å²) in [4.78, 5) is 4.71. The molecule has 0 aliphatic rings. The van der Waals surface area contributed by atoms with E-state index in [1.165, 1.54) is 11.8 Å². The van der Waals surface area contributed by atoms with E-state index in [0.717, 1.165) is 22.2 Å². The minimum absolute atomic E-state index is 0.375. The van der Waals surface area contributed by atoms with E-state index in [4.69, 9.17) is 25.7 Å². The van der Waals surface area contributed by atoms with Crippen LogP contribution < -0.4 is 4.74 Å². The predicted molar refractivity (Wildman–Crippen MR) is 111 cm³/mol. The quantitative estimate of drug-likeness (QED) is 0.374. The molecule has 0 saturated heterocycles. The van der Waals surface area contributed by atoms with Crippen molar-refractivity contribution in [3.8, 4) is 17.2 Å². The Bertz CT molecular complexity index is 1360. The Morgan fingerprint density at radius 3 is 2.72 bits per heavy atom. The maximum atomic E-state index is 6.41. The summed E-state index contributed by atoms with van der Waals surface area (Å²) < 4.78 is 13.0. The van der Waals surface area contributed by atoms with E-state index in [1.54, 1.807) is 11.6 Å². The van der Waals surface area contributed by atoms with Crippen molar-refractivity contribution in [3.63, 3.8) is 0 Å². The summed E-state index contributed by atoms with van der Waals surface area (Å²) in [6.07, 6.45) is 0. The number of aromatic nitrogens is 5. The Hall–Kier alpha value is -3.10. The molecule has 0 radical (unpaired) electrons. The number of fused-ring (bicyclic) bond motifs is 3. The molecule has 0 amide bonds. The summed E-state index contributed by atoms with van der Waals surface area (Å²) in [6, 6.07) is 15.4. The molecule has 0 spiro atoms. The molecule has 0 fully saturated rings. The van der Waals surface area contributed by atoms with Gasteiger partial charge in [0.25, 0.3) is 11.1 Å². The fourth-order valence-corrected chi connectivity index (χ4v) is 4.04. The second-order valence-electron chi connectivity index (χ2n) is 6.24. The van der Waals surface area contributed by atoms with Crippen LogP contribution in [0.2, 0.25) is 5.02 Å². The van der Waals surface area contributed by atoms with E-state index in [2.05, 4.69) is 15.3 Å². The van der Waals surface area contributed by atoms with Gasteiger partial charge in [0.2, 0.25) is 0 Å². The van der Waals surface area contributed by atoms with Crippen LogP contribution >= 0.6 is 23.4 Å². The van der Waals surface area contributed by atoms with Crippen LogP contribution in [0.4, 0.5) is 0 Å². The summed E-state index contributed by atoms with van der Waals surface area (Å²) >= 11 is 7.70. The van der Waals surface area contributed by atoms with E-state index < -0.39 is 0 Å². The Balaban J connectivity index is 1.60. The van der Waals surface area contributed by atoms with Crippen LogP contribution in [-0.2, 0) is 0 Å². The maximum Gasteiger partial charge on any atom is 0.283 e. The minimum Gasteiger partial charge on any atom is -0.496 e. The molecule has 0 atom stereocenters. The van der Waals surface area contributed by atoms with Gasteiger partial charge in [-0.3, -0.25) is 0 Å². The fraction of sp³-hybridized carbons (Fsp3) is 0.100. The van der Waals surface area contributed by atoms with Crippen molar-refractivity contribution in [1.82, 2.24) is 24.8 Å². The SMILES string of the molecule is COc1ccccc1-c1nnc(Sc2nc3c(Cl)c(C)nn3c3ccccc23)o1. The third kappa shape index (κ3) is 3.01. The van der Waals surface area contributed by atoms with Gasteiger partial charge < -0.3 is 9.15 Å². The highest BCUT2D eigenvalue weighted by molar-refractivity contribution is 7.99. The third-order valence-corrected chi connectivity index (χ3v) is 5.75. The topological polar surface area (TPSA) is 78.3 Å². The van der Waals surface area contributed by atoms with Crippen molar-refractivity contribution in [2.45, 2.75) is 17.2 Å². The summed E-state index contributed by atoms with van der Waals surface area (Å²) in [5.41, 5.74) is 2.95. The first-order chi connectivity index (χ1) is 14.2. The van der Waals surface area contributed by atoms with Gasteiger partial charge in [-0.2, -0.15) is 5.10 Å². The van der Waals surface area contributed by atoms with Crippen molar-refractivity contribution in [1.29, 1.82) is 0 Å². The molecule has 0 aliphatic heterocycles. The molecule has 2 aromatic carbocycles. The van der Waals surface area contributed by atoms with Crippen LogP contribution in [0.3, 0.4) is 0 Å². The summed E-state index contributed by atoms with van der Waals surface area (Å²) in [7, 11) is 1.60. The Labute approximate surface area is 174 Å². The van der Waals surface area contributed by atoms with Gasteiger partial charge in [0.15, 0.2) is 5.65 Å². The zero-order valence-corrected chi connectivity index (χ0v) is 17.0. The molecule has 7 nitrogen and oxygen atoms in total. The van der Waals surface area contributed by atoms with Crippen LogP contribution in [0, 0.1) is 6.92 Å². The molecule has 0 bridgehead atoms. The number of aryl methyl sites for hydroxylation is 1. The van der Waals surface area contributed by atoms with Gasteiger partial charge >= 0.3 is 0 Å². The maximum absolute atomic E-state index is 6.41. The van der Waals surface area contributed by atoms with Crippen molar-refractivity contribution in [2.24, 2.45) is 0 Å². The number of halogens is 1. The predicted octanol–water partition coefficient (Wildman–Crippen LogP) is 5.05.